The molecule has 1 aromatic rings. The second-order valence-corrected chi connectivity index (χ2v) is 6.75. The van der Waals surface area contributed by atoms with Crippen molar-refractivity contribution in [1.82, 2.24) is 10.3 Å². The van der Waals surface area contributed by atoms with Gasteiger partial charge in [-0.05, 0) is 25.2 Å². The highest BCUT2D eigenvalue weighted by Gasteiger charge is 2.26. The number of thiazole rings is 1. The van der Waals surface area contributed by atoms with E-state index in [1.165, 1.54) is 11.3 Å². The number of nitrogens with one attached hydrogen (secondary N) is 1. The molecule has 2 heterocycles. The van der Waals surface area contributed by atoms with Gasteiger partial charge in [0.2, 0.25) is 5.91 Å². The first-order chi connectivity index (χ1) is 10.0. The number of amides is 1. The maximum absolute atomic E-state index is 11.5. The Labute approximate surface area is 130 Å². The Morgan fingerprint density at radius 2 is 2.24 bits per heavy atom. The Bertz CT molecular complexity index is 469. The van der Waals surface area contributed by atoms with E-state index in [1.54, 1.807) is 11.8 Å². The molecule has 1 N–H and O–H groups in total. The van der Waals surface area contributed by atoms with Gasteiger partial charge in [-0.1, -0.05) is 6.92 Å². The fraction of sp³-hybridized carbons (Fsp3) is 0.733. The van der Waals surface area contributed by atoms with E-state index >= 15 is 0 Å². The van der Waals surface area contributed by atoms with Crippen molar-refractivity contribution >= 4 is 22.4 Å². The summed E-state index contributed by atoms with van der Waals surface area (Å²) in [4.78, 5) is 17.8. The number of rotatable bonds is 6. The van der Waals surface area contributed by atoms with Crippen LogP contribution < -0.4 is 10.2 Å². The lowest BCUT2D eigenvalue weighted by Crippen LogP contribution is -2.36. The van der Waals surface area contributed by atoms with Gasteiger partial charge in [0.15, 0.2) is 5.13 Å². The zero-order valence-corrected chi connectivity index (χ0v) is 14.0. The highest BCUT2D eigenvalue weighted by atomic mass is 32.1. The van der Waals surface area contributed by atoms with Gasteiger partial charge in [-0.3, -0.25) is 9.69 Å². The van der Waals surface area contributed by atoms with Crippen molar-refractivity contribution in [2.45, 2.75) is 40.2 Å². The first kappa shape index (κ1) is 16.4. The zero-order valence-electron chi connectivity index (χ0n) is 13.1. The first-order valence-corrected chi connectivity index (χ1v) is 8.43. The van der Waals surface area contributed by atoms with Crippen LogP contribution >= 0.6 is 11.3 Å². The lowest BCUT2D eigenvalue weighted by atomic mass is 9.82. The van der Waals surface area contributed by atoms with Crippen LogP contribution in [-0.2, 0) is 16.1 Å². The molecule has 2 rings (SSSR count). The van der Waals surface area contributed by atoms with Crippen molar-refractivity contribution in [3.8, 4) is 0 Å². The van der Waals surface area contributed by atoms with Crippen molar-refractivity contribution in [3.05, 3.63) is 11.1 Å². The quantitative estimate of drug-likeness (QED) is 0.876. The van der Waals surface area contributed by atoms with Gasteiger partial charge in [-0.2, -0.15) is 0 Å². The number of carbonyl (C=O) groups excluding carboxylic acids is 1. The molecule has 0 unspecified atom stereocenters. The molecular weight excluding hydrogens is 286 g/mol. The lowest BCUT2D eigenvalue weighted by molar-refractivity contribution is -0.116. The molecule has 0 bridgehead atoms. The summed E-state index contributed by atoms with van der Waals surface area (Å²) in [5, 5.41) is 6.32. The highest BCUT2D eigenvalue weighted by Crippen LogP contribution is 2.28. The van der Waals surface area contributed by atoms with Crippen molar-refractivity contribution in [3.63, 3.8) is 0 Å². The Morgan fingerprint density at radius 3 is 2.86 bits per heavy atom. The van der Waals surface area contributed by atoms with Crippen LogP contribution in [0.2, 0.25) is 0 Å². The molecule has 5 nitrogen and oxygen atoms in total. The molecule has 1 aliphatic rings. The van der Waals surface area contributed by atoms with Gasteiger partial charge in [0.05, 0.1) is 5.69 Å². The molecular formula is C15H25N3O2S. The number of hydrogen-bond acceptors (Lipinski definition) is 5. The van der Waals surface area contributed by atoms with Gasteiger partial charge < -0.3 is 10.1 Å². The molecule has 1 amide bonds. The topological polar surface area (TPSA) is 54.5 Å². The van der Waals surface area contributed by atoms with E-state index in [1.807, 2.05) is 12.3 Å². The summed E-state index contributed by atoms with van der Waals surface area (Å²) in [7, 11) is 0. The largest absolute Gasteiger partial charge is 0.381 e. The van der Waals surface area contributed by atoms with Gasteiger partial charge in [0.25, 0.3) is 0 Å². The second-order valence-electron chi connectivity index (χ2n) is 5.91. The summed E-state index contributed by atoms with van der Waals surface area (Å²) in [6.07, 6.45) is 2.21. The fourth-order valence-electron chi connectivity index (χ4n) is 2.53. The molecule has 0 saturated carbocycles. The summed E-state index contributed by atoms with van der Waals surface area (Å²) < 4.78 is 5.42. The summed E-state index contributed by atoms with van der Waals surface area (Å²) in [6.45, 7) is 9.97. The maximum atomic E-state index is 11.5. The van der Waals surface area contributed by atoms with E-state index < -0.39 is 0 Å². The summed E-state index contributed by atoms with van der Waals surface area (Å²) in [5.41, 5.74) is 1.33. The number of aromatic nitrogens is 1. The SMILES string of the molecule is CCN(C(C)=O)c1nc(CNCC2(C)CCOCC2)cs1. The van der Waals surface area contributed by atoms with Gasteiger partial charge >= 0.3 is 0 Å². The molecule has 1 saturated heterocycles. The van der Waals surface area contributed by atoms with Crippen LogP contribution in [-0.4, -0.2) is 37.2 Å². The molecule has 0 spiro atoms. The third kappa shape index (κ3) is 4.49. The average Bonchev–Trinajstić information content (AvgIpc) is 2.88. The number of ether oxygens (including phenoxy) is 1. The van der Waals surface area contributed by atoms with Crippen LogP contribution in [0.5, 0.6) is 0 Å². The van der Waals surface area contributed by atoms with Gasteiger partial charge in [-0.15, -0.1) is 11.3 Å². The predicted octanol–water partition coefficient (Wildman–Crippen LogP) is 2.42. The Morgan fingerprint density at radius 1 is 1.52 bits per heavy atom. The molecule has 21 heavy (non-hydrogen) atoms. The second kappa shape index (κ2) is 7.33. The van der Waals surface area contributed by atoms with Crippen LogP contribution in [0.3, 0.4) is 0 Å². The smallest absolute Gasteiger partial charge is 0.225 e. The minimum atomic E-state index is 0.0427. The highest BCUT2D eigenvalue weighted by molar-refractivity contribution is 7.14. The number of carbonyl (C=O) groups is 1. The van der Waals surface area contributed by atoms with Crippen LogP contribution in [0.1, 0.15) is 39.3 Å². The third-order valence-corrected chi connectivity index (χ3v) is 4.94. The molecule has 0 radical (unpaired) electrons. The maximum Gasteiger partial charge on any atom is 0.225 e. The minimum absolute atomic E-state index is 0.0427. The molecule has 0 atom stereocenters. The molecule has 0 aliphatic carbocycles. The molecule has 0 aromatic carbocycles. The van der Waals surface area contributed by atoms with E-state index in [-0.39, 0.29) is 5.91 Å². The summed E-state index contributed by atoms with van der Waals surface area (Å²) >= 11 is 1.53. The van der Waals surface area contributed by atoms with Crippen LogP contribution in [0.4, 0.5) is 5.13 Å². The molecule has 1 fully saturated rings. The molecule has 6 heteroatoms. The van der Waals surface area contributed by atoms with Crippen molar-refractivity contribution < 1.29 is 9.53 Å². The number of anilines is 1. The molecule has 118 valence electrons. The lowest BCUT2D eigenvalue weighted by Gasteiger charge is -2.33. The predicted molar refractivity (Wildman–Crippen MR) is 85.7 cm³/mol. The average molecular weight is 311 g/mol. The normalized spacial score (nSPS) is 17.7. The fourth-order valence-corrected chi connectivity index (χ4v) is 3.46. The zero-order chi connectivity index (χ0) is 15.3. The number of nitrogens with zero attached hydrogens (tertiary/aromatic N) is 2. The third-order valence-electron chi connectivity index (χ3n) is 4.02. The summed E-state index contributed by atoms with van der Waals surface area (Å²) in [6, 6.07) is 0. The summed E-state index contributed by atoms with van der Waals surface area (Å²) in [5.74, 6) is 0.0427. The van der Waals surface area contributed by atoms with Crippen molar-refractivity contribution in [1.29, 1.82) is 0 Å². The van der Waals surface area contributed by atoms with Crippen molar-refractivity contribution in [2.75, 3.05) is 31.2 Å². The minimum Gasteiger partial charge on any atom is -0.381 e. The van der Waals surface area contributed by atoms with Crippen LogP contribution in [0.25, 0.3) is 0 Å². The standard InChI is InChI=1S/C15H25N3O2S/c1-4-18(12(2)19)14-17-13(10-21-14)9-16-11-15(3)5-7-20-8-6-15/h10,16H,4-9,11H2,1-3H3. The van der Waals surface area contributed by atoms with Crippen molar-refractivity contribution in [2.24, 2.45) is 5.41 Å². The van der Waals surface area contributed by atoms with E-state index in [2.05, 4.69) is 17.2 Å². The van der Waals surface area contributed by atoms with E-state index in [0.717, 1.165) is 50.0 Å². The molecule has 1 aliphatic heterocycles. The van der Waals surface area contributed by atoms with Gasteiger partial charge in [0, 0.05) is 45.2 Å². The number of hydrogen-bond donors (Lipinski definition) is 1. The Hall–Kier alpha value is -0.980. The Balaban J connectivity index is 1.84. The van der Waals surface area contributed by atoms with E-state index in [9.17, 15) is 4.79 Å². The first-order valence-electron chi connectivity index (χ1n) is 7.55. The van der Waals surface area contributed by atoms with E-state index in [0.29, 0.717) is 12.0 Å². The van der Waals surface area contributed by atoms with Gasteiger partial charge in [-0.25, -0.2) is 4.98 Å². The Kier molecular flexibility index (Phi) is 5.72. The van der Waals surface area contributed by atoms with Gasteiger partial charge in [0.1, 0.15) is 0 Å². The van der Waals surface area contributed by atoms with E-state index in [4.69, 9.17) is 4.74 Å². The monoisotopic (exact) mass is 311 g/mol. The molecule has 1 aromatic heterocycles. The van der Waals surface area contributed by atoms with Crippen LogP contribution in [0.15, 0.2) is 5.38 Å². The van der Waals surface area contributed by atoms with Crippen LogP contribution in [0, 0.1) is 5.41 Å².